The third-order valence-corrected chi connectivity index (χ3v) is 3.45. The molecule has 0 radical (unpaired) electrons. The number of phenolic OH excluding ortho intramolecular Hbond substituents is 1. The van der Waals surface area contributed by atoms with Gasteiger partial charge in [-0.1, -0.05) is 26.0 Å². The number of carbonyl (C=O) groups is 1. The number of benzene rings is 2. The van der Waals surface area contributed by atoms with E-state index in [1.807, 2.05) is 30.3 Å². The fourth-order valence-electron chi connectivity index (χ4n) is 2.01. The highest BCUT2D eigenvalue weighted by Crippen LogP contribution is 2.18. The molecular formula is C19H19N3O2. The quantitative estimate of drug-likeness (QED) is 0.442. The van der Waals surface area contributed by atoms with Crippen molar-refractivity contribution in [3.05, 3.63) is 65.9 Å². The van der Waals surface area contributed by atoms with Crippen molar-refractivity contribution >= 4 is 17.3 Å². The molecule has 0 bridgehead atoms. The van der Waals surface area contributed by atoms with Crippen molar-refractivity contribution < 1.29 is 9.90 Å². The Kier molecular flexibility index (Phi) is 5.58. The Bertz CT molecular complexity index is 770. The fraction of sp³-hybridized carbons (Fsp3) is 0.158. The molecular weight excluding hydrogens is 302 g/mol. The van der Waals surface area contributed by atoms with Gasteiger partial charge in [0.2, 0.25) is 0 Å². The van der Waals surface area contributed by atoms with Gasteiger partial charge in [0.1, 0.15) is 17.4 Å². The van der Waals surface area contributed by atoms with Gasteiger partial charge in [0.05, 0.1) is 0 Å². The molecule has 0 aliphatic heterocycles. The number of carbonyl (C=O) groups excluding carboxylic acids is 1. The molecule has 24 heavy (non-hydrogen) atoms. The summed E-state index contributed by atoms with van der Waals surface area (Å²) in [5.74, 6) is 0.0328. The van der Waals surface area contributed by atoms with E-state index >= 15 is 0 Å². The van der Waals surface area contributed by atoms with Gasteiger partial charge >= 0.3 is 0 Å². The van der Waals surface area contributed by atoms with Crippen molar-refractivity contribution in [1.82, 2.24) is 0 Å². The molecule has 0 aromatic heterocycles. The lowest BCUT2D eigenvalue weighted by molar-refractivity contribution is -0.112. The summed E-state index contributed by atoms with van der Waals surface area (Å²) in [4.78, 5) is 12.1. The number of nitrogens with one attached hydrogen (secondary N) is 2. The molecule has 0 saturated carbocycles. The van der Waals surface area contributed by atoms with Crippen molar-refractivity contribution in [1.29, 1.82) is 5.26 Å². The summed E-state index contributed by atoms with van der Waals surface area (Å²) in [5.41, 5.74) is 2.47. The van der Waals surface area contributed by atoms with Crippen LogP contribution in [0.25, 0.3) is 0 Å². The maximum atomic E-state index is 12.1. The minimum absolute atomic E-state index is 0.0454. The van der Waals surface area contributed by atoms with Crippen LogP contribution in [-0.2, 0) is 4.79 Å². The van der Waals surface area contributed by atoms with Crippen molar-refractivity contribution in [3.8, 4) is 11.8 Å². The zero-order valence-corrected chi connectivity index (χ0v) is 13.6. The average molecular weight is 321 g/mol. The smallest absolute Gasteiger partial charge is 0.267 e. The first-order chi connectivity index (χ1) is 11.5. The monoisotopic (exact) mass is 321 g/mol. The van der Waals surface area contributed by atoms with Crippen molar-refractivity contribution in [3.63, 3.8) is 0 Å². The largest absolute Gasteiger partial charge is 0.508 e. The lowest BCUT2D eigenvalue weighted by Gasteiger charge is -2.07. The number of amides is 1. The predicted molar refractivity (Wildman–Crippen MR) is 94.6 cm³/mol. The minimum atomic E-state index is -0.519. The van der Waals surface area contributed by atoms with Gasteiger partial charge in [-0.05, 0) is 47.9 Å². The lowest BCUT2D eigenvalue weighted by Crippen LogP contribution is -2.14. The Labute approximate surface area is 141 Å². The number of nitrogens with zero attached hydrogens (tertiary/aromatic N) is 1. The Morgan fingerprint density at radius 3 is 2.21 bits per heavy atom. The number of phenols is 1. The van der Waals surface area contributed by atoms with Crippen LogP contribution in [0.4, 0.5) is 11.4 Å². The predicted octanol–water partition coefficient (Wildman–Crippen LogP) is 3.97. The van der Waals surface area contributed by atoms with E-state index in [9.17, 15) is 9.90 Å². The molecule has 0 unspecified atom stereocenters. The second-order valence-electron chi connectivity index (χ2n) is 5.59. The van der Waals surface area contributed by atoms with E-state index in [-0.39, 0.29) is 11.3 Å². The maximum absolute atomic E-state index is 12.1. The van der Waals surface area contributed by atoms with Gasteiger partial charge in [0.25, 0.3) is 5.91 Å². The summed E-state index contributed by atoms with van der Waals surface area (Å²) in [7, 11) is 0. The van der Waals surface area contributed by atoms with Crippen LogP contribution in [0.1, 0.15) is 25.3 Å². The number of aromatic hydroxyl groups is 1. The van der Waals surface area contributed by atoms with Crippen LogP contribution in [0, 0.1) is 11.3 Å². The molecule has 0 atom stereocenters. The van der Waals surface area contributed by atoms with E-state index in [1.165, 1.54) is 23.9 Å². The van der Waals surface area contributed by atoms with Gasteiger partial charge in [-0.2, -0.15) is 5.26 Å². The Morgan fingerprint density at radius 2 is 1.67 bits per heavy atom. The van der Waals surface area contributed by atoms with E-state index in [0.29, 0.717) is 11.6 Å². The first kappa shape index (κ1) is 17.1. The lowest BCUT2D eigenvalue weighted by atomic mass is 10.0. The van der Waals surface area contributed by atoms with Gasteiger partial charge in [-0.25, -0.2) is 0 Å². The summed E-state index contributed by atoms with van der Waals surface area (Å²) < 4.78 is 0. The summed E-state index contributed by atoms with van der Waals surface area (Å²) in [6, 6.07) is 15.7. The second kappa shape index (κ2) is 7.84. The molecule has 3 N–H and O–H groups in total. The summed E-state index contributed by atoms with van der Waals surface area (Å²) in [6.07, 6.45) is 1.38. The zero-order chi connectivity index (χ0) is 17.5. The molecule has 0 fully saturated rings. The van der Waals surface area contributed by atoms with Crippen LogP contribution in [0.15, 0.2) is 60.3 Å². The van der Waals surface area contributed by atoms with Gasteiger partial charge in [-0.3, -0.25) is 4.79 Å². The van der Waals surface area contributed by atoms with Crippen LogP contribution in [0.3, 0.4) is 0 Å². The highest BCUT2D eigenvalue weighted by atomic mass is 16.3. The molecule has 0 heterocycles. The van der Waals surface area contributed by atoms with Crippen LogP contribution >= 0.6 is 0 Å². The molecule has 0 aliphatic rings. The summed E-state index contributed by atoms with van der Waals surface area (Å²) in [5, 5.41) is 23.9. The van der Waals surface area contributed by atoms with Crippen LogP contribution in [0.2, 0.25) is 0 Å². The van der Waals surface area contributed by atoms with E-state index < -0.39 is 5.91 Å². The number of nitriles is 1. The van der Waals surface area contributed by atoms with E-state index in [0.717, 1.165) is 5.69 Å². The first-order valence-electron chi connectivity index (χ1n) is 7.56. The molecule has 2 aromatic rings. The summed E-state index contributed by atoms with van der Waals surface area (Å²) in [6.45, 7) is 4.23. The Hall–Kier alpha value is -3.26. The third-order valence-electron chi connectivity index (χ3n) is 3.45. The van der Waals surface area contributed by atoms with Gasteiger partial charge in [0.15, 0.2) is 0 Å². The van der Waals surface area contributed by atoms with Crippen molar-refractivity contribution in [2.75, 3.05) is 10.6 Å². The van der Waals surface area contributed by atoms with Gasteiger partial charge in [0, 0.05) is 17.6 Å². The second-order valence-corrected chi connectivity index (χ2v) is 5.59. The zero-order valence-electron chi connectivity index (χ0n) is 13.6. The topological polar surface area (TPSA) is 85.2 Å². The normalized spacial score (nSPS) is 11.0. The fourth-order valence-corrected chi connectivity index (χ4v) is 2.01. The standard InChI is InChI=1S/C19H19N3O2/c1-13(2)14-3-5-16(6-4-14)21-12-15(11-20)19(24)22-17-7-9-18(23)10-8-17/h3-10,12-13,21,23H,1-2H3,(H,22,24)/b15-12-. The van der Waals surface area contributed by atoms with Crippen molar-refractivity contribution in [2.24, 2.45) is 0 Å². The molecule has 0 spiro atoms. The Balaban J connectivity index is 2.04. The Morgan fingerprint density at radius 1 is 1.08 bits per heavy atom. The SMILES string of the molecule is CC(C)c1ccc(N/C=C(/C#N)C(=O)Nc2ccc(O)cc2)cc1. The van der Waals surface area contributed by atoms with Crippen molar-refractivity contribution in [2.45, 2.75) is 19.8 Å². The summed E-state index contributed by atoms with van der Waals surface area (Å²) >= 11 is 0. The number of hydrogen-bond donors (Lipinski definition) is 3. The number of hydrogen-bond acceptors (Lipinski definition) is 4. The molecule has 0 saturated heterocycles. The average Bonchev–Trinajstić information content (AvgIpc) is 2.58. The third kappa shape index (κ3) is 4.62. The van der Waals surface area contributed by atoms with Crippen LogP contribution in [-0.4, -0.2) is 11.0 Å². The van der Waals surface area contributed by atoms with E-state index in [4.69, 9.17) is 5.26 Å². The van der Waals surface area contributed by atoms with E-state index in [2.05, 4.69) is 24.5 Å². The molecule has 5 nitrogen and oxygen atoms in total. The molecule has 2 aromatic carbocycles. The van der Waals surface area contributed by atoms with Gasteiger partial charge < -0.3 is 15.7 Å². The molecule has 2 rings (SSSR count). The van der Waals surface area contributed by atoms with Crippen LogP contribution in [0.5, 0.6) is 5.75 Å². The number of anilines is 2. The minimum Gasteiger partial charge on any atom is -0.508 e. The molecule has 122 valence electrons. The highest BCUT2D eigenvalue weighted by Gasteiger charge is 2.09. The molecule has 0 aliphatic carbocycles. The molecule has 5 heteroatoms. The first-order valence-corrected chi connectivity index (χ1v) is 7.56. The maximum Gasteiger partial charge on any atom is 0.267 e. The van der Waals surface area contributed by atoms with E-state index in [1.54, 1.807) is 12.1 Å². The molecule has 1 amide bonds. The number of rotatable bonds is 5. The van der Waals surface area contributed by atoms with Crippen LogP contribution < -0.4 is 10.6 Å². The highest BCUT2D eigenvalue weighted by molar-refractivity contribution is 6.06. The van der Waals surface area contributed by atoms with Gasteiger partial charge in [-0.15, -0.1) is 0 Å².